The quantitative estimate of drug-likeness (QED) is 0.643. The molecule has 0 fully saturated rings. The van der Waals surface area contributed by atoms with E-state index >= 15 is 0 Å². The number of hydrogen-bond acceptors (Lipinski definition) is 2. The van der Waals surface area contributed by atoms with E-state index in [0.717, 1.165) is 30.1 Å². The van der Waals surface area contributed by atoms with E-state index in [2.05, 4.69) is 55.7 Å². The minimum atomic E-state index is 0.496. The van der Waals surface area contributed by atoms with Gasteiger partial charge in [0.25, 0.3) is 0 Å². The molecule has 0 radical (unpaired) electrons. The van der Waals surface area contributed by atoms with Gasteiger partial charge in [0.05, 0.1) is 11.0 Å². The first-order chi connectivity index (χ1) is 11.1. The van der Waals surface area contributed by atoms with E-state index in [1.165, 1.54) is 11.1 Å². The second-order valence-electron chi connectivity index (χ2n) is 6.45. The van der Waals surface area contributed by atoms with Gasteiger partial charge in [0.15, 0.2) is 0 Å². The Morgan fingerprint density at radius 2 is 1.78 bits per heavy atom. The first-order valence-electron chi connectivity index (χ1n) is 8.27. The molecule has 3 heteroatoms. The Morgan fingerprint density at radius 3 is 2.52 bits per heavy atom. The number of aryl methyl sites for hydroxylation is 2. The summed E-state index contributed by atoms with van der Waals surface area (Å²) in [7, 11) is 0. The van der Waals surface area contributed by atoms with Crippen molar-refractivity contribution in [3.05, 3.63) is 59.9 Å². The van der Waals surface area contributed by atoms with Crippen LogP contribution in [0.25, 0.3) is 11.0 Å². The predicted octanol–water partition coefficient (Wildman–Crippen LogP) is 4.97. The summed E-state index contributed by atoms with van der Waals surface area (Å²) in [6.45, 7) is 8.05. The minimum absolute atomic E-state index is 0.496. The van der Waals surface area contributed by atoms with E-state index in [1.807, 2.05) is 18.2 Å². The molecule has 1 aromatic heterocycles. The molecule has 3 rings (SSSR count). The maximum Gasteiger partial charge on any atom is 0.147 e. The fourth-order valence-corrected chi connectivity index (χ4v) is 2.65. The van der Waals surface area contributed by atoms with Crippen molar-refractivity contribution in [2.45, 2.75) is 40.3 Å². The molecule has 0 unspecified atom stereocenters. The van der Waals surface area contributed by atoms with E-state index in [0.29, 0.717) is 12.5 Å². The molecule has 0 saturated heterocycles. The van der Waals surface area contributed by atoms with Crippen LogP contribution in [0.3, 0.4) is 0 Å². The average Bonchev–Trinajstić information content (AvgIpc) is 2.90. The molecule has 23 heavy (non-hydrogen) atoms. The lowest BCUT2D eigenvalue weighted by molar-refractivity contribution is 0.288. The van der Waals surface area contributed by atoms with Gasteiger partial charge in [0, 0.05) is 6.54 Å². The third-order valence-electron chi connectivity index (χ3n) is 4.05. The van der Waals surface area contributed by atoms with E-state index in [4.69, 9.17) is 9.72 Å². The molecule has 3 nitrogen and oxygen atoms in total. The number of fused-ring (bicyclic) bond motifs is 1. The van der Waals surface area contributed by atoms with Crippen molar-refractivity contribution in [1.29, 1.82) is 0 Å². The lowest BCUT2D eigenvalue weighted by Crippen LogP contribution is -2.09. The third-order valence-corrected chi connectivity index (χ3v) is 4.05. The van der Waals surface area contributed by atoms with Gasteiger partial charge in [-0.15, -0.1) is 0 Å². The molecule has 3 aromatic rings. The average molecular weight is 308 g/mol. The molecule has 0 saturated carbocycles. The second kappa shape index (κ2) is 6.86. The maximum atomic E-state index is 5.94. The Kier molecular flexibility index (Phi) is 4.65. The molecule has 0 aliphatic heterocycles. The summed E-state index contributed by atoms with van der Waals surface area (Å²) in [5.41, 5.74) is 3.47. The fourth-order valence-electron chi connectivity index (χ4n) is 2.65. The molecule has 0 aliphatic carbocycles. The monoisotopic (exact) mass is 308 g/mol. The third kappa shape index (κ3) is 3.73. The summed E-state index contributed by atoms with van der Waals surface area (Å²) in [5.74, 6) is 2.55. The first kappa shape index (κ1) is 15.6. The molecular weight excluding hydrogens is 284 g/mol. The van der Waals surface area contributed by atoms with Crippen LogP contribution in [-0.2, 0) is 13.2 Å². The highest BCUT2D eigenvalue weighted by molar-refractivity contribution is 5.75. The summed E-state index contributed by atoms with van der Waals surface area (Å²) in [6, 6.07) is 16.5. The molecule has 120 valence electrons. The van der Waals surface area contributed by atoms with Crippen LogP contribution in [0, 0.1) is 12.8 Å². The van der Waals surface area contributed by atoms with Gasteiger partial charge in [-0.1, -0.05) is 43.7 Å². The van der Waals surface area contributed by atoms with E-state index < -0.39 is 0 Å². The van der Waals surface area contributed by atoms with Crippen LogP contribution in [0.15, 0.2) is 48.5 Å². The van der Waals surface area contributed by atoms with Gasteiger partial charge in [0.2, 0.25) is 0 Å². The van der Waals surface area contributed by atoms with Crippen LogP contribution < -0.4 is 4.74 Å². The summed E-state index contributed by atoms with van der Waals surface area (Å²) in [6.07, 6.45) is 1.14. The Morgan fingerprint density at radius 1 is 1.04 bits per heavy atom. The van der Waals surface area contributed by atoms with Gasteiger partial charge >= 0.3 is 0 Å². The van der Waals surface area contributed by atoms with Crippen molar-refractivity contribution in [2.75, 3.05) is 0 Å². The van der Waals surface area contributed by atoms with Crippen molar-refractivity contribution in [2.24, 2.45) is 5.92 Å². The number of ether oxygens (including phenoxy) is 1. The molecule has 0 aliphatic rings. The number of para-hydroxylation sites is 2. The normalized spacial score (nSPS) is 11.3. The van der Waals surface area contributed by atoms with Crippen molar-refractivity contribution in [3.8, 4) is 5.75 Å². The maximum absolute atomic E-state index is 5.94. The van der Waals surface area contributed by atoms with Gasteiger partial charge in [-0.25, -0.2) is 4.98 Å². The Balaban J connectivity index is 1.83. The van der Waals surface area contributed by atoms with Gasteiger partial charge in [-0.05, 0) is 43.5 Å². The molecule has 1 heterocycles. The number of benzene rings is 2. The highest BCUT2D eigenvalue weighted by Gasteiger charge is 2.11. The number of imidazole rings is 1. The van der Waals surface area contributed by atoms with Gasteiger partial charge in [-0.3, -0.25) is 0 Å². The fraction of sp³-hybridized carbons (Fsp3) is 0.350. The number of aromatic nitrogens is 2. The zero-order valence-electron chi connectivity index (χ0n) is 14.1. The van der Waals surface area contributed by atoms with Crippen molar-refractivity contribution in [1.82, 2.24) is 9.55 Å². The standard InChI is InChI=1S/C20H24N2O/c1-15(2)12-13-22-19-7-5-4-6-18(19)21-20(22)14-23-17-10-8-16(3)9-11-17/h4-11,15H,12-14H2,1-3H3. The second-order valence-corrected chi connectivity index (χ2v) is 6.45. The Hall–Kier alpha value is -2.29. The first-order valence-corrected chi connectivity index (χ1v) is 8.27. The molecule has 2 aromatic carbocycles. The number of nitrogens with zero attached hydrogens (tertiary/aromatic N) is 2. The van der Waals surface area contributed by atoms with Gasteiger partial charge in [0.1, 0.15) is 18.2 Å². The van der Waals surface area contributed by atoms with Crippen LogP contribution >= 0.6 is 0 Å². The lowest BCUT2D eigenvalue weighted by atomic mass is 10.1. The van der Waals surface area contributed by atoms with Gasteiger partial charge in [-0.2, -0.15) is 0 Å². The summed E-state index contributed by atoms with van der Waals surface area (Å²) < 4.78 is 8.24. The highest BCUT2D eigenvalue weighted by atomic mass is 16.5. The topological polar surface area (TPSA) is 27.1 Å². The molecule has 0 atom stereocenters. The lowest BCUT2D eigenvalue weighted by Gasteiger charge is -2.12. The van der Waals surface area contributed by atoms with E-state index in [-0.39, 0.29) is 0 Å². The minimum Gasteiger partial charge on any atom is -0.486 e. The van der Waals surface area contributed by atoms with Crippen molar-refractivity contribution >= 4 is 11.0 Å². The number of hydrogen-bond donors (Lipinski definition) is 0. The summed E-state index contributed by atoms with van der Waals surface area (Å²) in [4.78, 5) is 4.76. The molecular formula is C20H24N2O. The zero-order valence-corrected chi connectivity index (χ0v) is 14.1. The van der Waals surface area contributed by atoms with Crippen LogP contribution in [0.1, 0.15) is 31.7 Å². The number of rotatable bonds is 6. The molecule has 0 amide bonds. The molecule has 0 spiro atoms. The van der Waals surface area contributed by atoms with Crippen molar-refractivity contribution < 1.29 is 4.74 Å². The van der Waals surface area contributed by atoms with Crippen LogP contribution in [0.2, 0.25) is 0 Å². The largest absolute Gasteiger partial charge is 0.486 e. The SMILES string of the molecule is Cc1ccc(OCc2nc3ccccc3n2CCC(C)C)cc1. The molecule has 0 bridgehead atoms. The Labute approximate surface area is 137 Å². The highest BCUT2D eigenvalue weighted by Crippen LogP contribution is 2.20. The summed E-state index contributed by atoms with van der Waals surface area (Å²) >= 11 is 0. The van der Waals surface area contributed by atoms with E-state index in [1.54, 1.807) is 0 Å². The van der Waals surface area contributed by atoms with Crippen LogP contribution in [0.5, 0.6) is 5.75 Å². The smallest absolute Gasteiger partial charge is 0.147 e. The van der Waals surface area contributed by atoms with Crippen LogP contribution in [-0.4, -0.2) is 9.55 Å². The van der Waals surface area contributed by atoms with Crippen molar-refractivity contribution in [3.63, 3.8) is 0 Å². The molecule has 0 N–H and O–H groups in total. The van der Waals surface area contributed by atoms with Crippen LogP contribution in [0.4, 0.5) is 0 Å². The predicted molar refractivity (Wildman–Crippen MR) is 94.7 cm³/mol. The van der Waals surface area contributed by atoms with E-state index in [9.17, 15) is 0 Å². The van der Waals surface area contributed by atoms with Gasteiger partial charge < -0.3 is 9.30 Å². The summed E-state index contributed by atoms with van der Waals surface area (Å²) in [5, 5.41) is 0. The Bertz CT molecular complexity index is 772. The zero-order chi connectivity index (χ0) is 16.2.